The highest BCUT2D eigenvalue weighted by atomic mass is 16.5. The van der Waals surface area contributed by atoms with E-state index in [0.29, 0.717) is 17.6 Å². The quantitative estimate of drug-likeness (QED) is 0.536. The molecule has 0 atom stereocenters. The molecule has 1 saturated carbocycles. The number of rotatable bonds is 8. The van der Waals surface area contributed by atoms with Gasteiger partial charge in [0.1, 0.15) is 0 Å². The number of unbranched alkanes of at least 4 members (excludes halogenated alkanes) is 2. The lowest BCUT2D eigenvalue weighted by molar-refractivity contribution is -0.121. The predicted octanol–water partition coefficient (Wildman–Crippen LogP) is 3.46. The van der Waals surface area contributed by atoms with Gasteiger partial charge in [-0.3, -0.25) is 9.59 Å². The van der Waals surface area contributed by atoms with Gasteiger partial charge >= 0.3 is 0 Å². The summed E-state index contributed by atoms with van der Waals surface area (Å²) in [6, 6.07) is 0. The van der Waals surface area contributed by atoms with Gasteiger partial charge in [-0.1, -0.05) is 19.3 Å². The van der Waals surface area contributed by atoms with Crippen molar-refractivity contribution in [2.75, 3.05) is 14.2 Å². The van der Waals surface area contributed by atoms with Crippen molar-refractivity contribution in [1.82, 2.24) is 0 Å². The Kier molecular flexibility index (Phi) is 7.24. The van der Waals surface area contributed by atoms with E-state index in [1.165, 1.54) is 20.6 Å². The van der Waals surface area contributed by atoms with Crippen LogP contribution in [-0.4, -0.2) is 37.0 Å². The van der Waals surface area contributed by atoms with E-state index in [0.717, 1.165) is 50.9 Å². The average molecular weight is 350 g/mol. The molecule has 0 amide bonds. The first-order valence-corrected chi connectivity index (χ1v) is 9.29. The molecule has 0 unspecified atom stereocenters. The summed E-state index contributed by atoms with van der Waals surface area (Å²) in [5.41, 5.74) is 1.03. The standard InChI is InChI=1S/C20H30O5/c1-13-16(18(23)20(25-3)19(24-2)17(13)22)8-6-4-5-7-14-9-11-15(21)12-10-14/h14-15,21H,4-12H2,1-3H3/t14-,15+. The molecule has 0 aliphatic heterocycles. The maximum Gasteiger partial charge on any atom is 0.228 e. The lowest BCUT2D eigenvalue weighted by atomic mass is 9.84. The number of carbonyl (C=O) groups is 2. The molecule has 0 aromatic heterocycles. The van der Waals surface area contributed by atoms with Gasteiger partial charge in [-0.2, -0.15) is 0 Å². The van der Waals surface area contributed by atoms with E-state index in [9.17, 15) is 14.7 Å². The zero-order chi connectivity index (χ0) is 18.4. The summed E-state index contributed by atoms with van der Waals surface area (Å²) in [6.45, 7) is 1.69. The zero-order valence-electron chi connectivity index (χ0n) is 15.6. The topological polar surface area (TPSA) is 72.8 Å². The number of allylic oxidation sites excluding steroid dienone is 2. The fourth-order valence-electron chi connectivity index (χ4n) is 3.84. The number of aliphatic hydroxyl groups excluding tert-OH is 1. The van der Waals surface area contributed by atoms with Crippen molar-refractivity contribution in [2.24, 2.45) is 5.92 Å². The molecular weight excluding hydrogens is 320 g/mol. The van der Waals surface area contributed by atoms with Gasteiger partial charge in [0, 0.05) is 11.1 Å². The smallest absolute Gasteiger partial charge is 0.228 e. The number of carbonyl (C=O) groups excluding carboxylic acids is 2. The lowest BCUT2D eigenvalue weighted by Crippen LogP contribution is -2.25. The van der Waals surface area contributed by atoms with Crippen LogP contribution in [0.25, 0.3) is 0 Å². The molecule has 25 heavy (non-hydrogen) atoms. The van der Waals surface area contributed by atoms with Crippen LogP contribution < -0.4 is 0 Å². The van der Waals surface area contributed by atoms with Gasteiger partial charge in [0.15, 0.2) is 0 Å². The Balaban J connectivity index is 1.81. The normalized spacial score (nSPS) is 24.8. The van der Waals surface area contributed by atoms with Gasteiger partial charge in [-0.05, 0) is 51.4 Å². The first kappa shape index (κ1) is 19.7. The van der Waals surface area contributed by atoms with E-state index in [1.807, 2.05) is 0 Å². The summed E-state index contributed by atoms with van der Waals surface area (Å²) in [6.07, 6.45) is 8.87. The Morgan fingerprint density at radius 2 is 1.52 bits per heavy atom. The monoisotopic (exact) mass is 350 g/mol. The molecule has 1 fully saturated rings. The average Bonchev–Trinajstić information content (AvgIpc) is 2.61. The van der Waals surface area contributed by atoms with Crippen molar-refractivity contribution in [3.63, 3.8) is 0 Å². The van der Waals surface area contributed by atoms with Crippen LogP contribution in [0.4, 0.5) is 0 Å². The Morgan fingerprint density at radius 1 is 0.920 bits per heavy atom. The Labute approximate surface area is 150 Å². The van der Waals surface area contributed by atoms with Crippen LogP contribution in [0.1, 0.15) is 64.7 Å². The molecule has 0 bridgehead atoms. The lowest BCUT2D eigenvalue weighted by Gasteiger charge is -2.25. The van der Waals surface area contributed by atoms with Gasteiger partial charge in [0.05, 0.1) is 20.3 Å². The van der Waals surface area contributed by atoms with Crippen LogP contribution in [-0.2, 0) is 19.1 Å². The van der Waals surface area contributed by atoms with Crippen LogP contribution in [0, 0.1) is 5.92 Å². The predicted molar refractivity (Wildman–Crippen MR) is 94.8 cm³/mol. The largest absolute Gasteiger partial charge is 0.489 e. The summed E-state index contributed by atoms with van der Waals surface area (Å²) in [4.78, 5) is 24.8. The van der Waals surface area contributed by atoms with Crippen molar-refractivity contribution in [3.05, 3.63) is 22.7 Å². The van der Waals surface area contributed by atoms with Crippen molar-refractivity contribution in [2.45, 2.75) is 70.8 Å². The highest BCUT2D eigenvalue weighted by molar-refractivity contribution is 6.23. The van der Waals surface area contributed by atoms with Crippen LogP contribution >= 0.6 is 0 Å². The molecule has 0 saturated heterocycles. The van der Waals surface area contributed by atoms with Crippen molar-refractivity contribution < 1.29 is 24.2 Å². The first-order chi connectivity index (χ1) is 12.0. The van der Waals surface area contributed by atoms with Gasteiger partial charge in [0.2, 0.25) is 23.1 Å². The third-order valence-electron chi connectivity index (χ3n) is 5.45. The molecule has 1 N–H and O–H groups in total. The number of methoxy groups -OCH3 is 2. The highest BCUT2D eigenvalue weighted by Gasteiger charge is 2.34. The van der Waals surface area contributed by atoms with Gasteiger partial charge in [-0.15, -0.1) is 0 Å². The third kappa shape index (κ3) is 4.72. The molecule has 0 aromatic rings. The molecule has 140 valence electrons. The maximum absolute atomic E-state index is 12.5. The summed E-state index contributed by atoms with van der Waals surface area (Å²) < 4.78 is 10.1. The second kappa shape index (κ2) is 9.18. The van der Waals surface area contributed by atoms with Crippen molar-refractivity contribution in [3.8, 4) is 0 Å². The van der Waals surface area contributed by atoms with Crippen molar-refractivity contribution >= 4 is 11.6 Å². The number of ketones is 2. The minimum atomic E-state index is -0.255. The molecule has 2 aliphatic rings. The Bertz CT molecular complexity index is 565. The van der Waals surface area contributed by atoms with Crippen LogP contribution in [0.3, 0.4) is 0 Å². The second-order valence-electron chi connectivity index (χ2n) is 7.10. The van der Waals surface area contributed by atoms with Crippen molar-refractivity contribution in [1.29, 1.82) is 0 Å². The van der Waals surface area contributed by atoms with Gasteiger partial charge in [0.25, 0.3) is 0 Å². The molecule has 0 spiro atoms. The number of hydrogen-bond acceptors (Lipinski definition) is 5. The van der Waals surface area contributed by atoms with E-state index < -0.39 is 0 Å². The van der Waals surface area contributed by atoms with E-state index >= 15 is 0 Å². The van der Waals surface area contributed by atoms with Gasteiger partial charge in [-0.25, -0.2) is 0 Å². The molecule has 0 heterocycles. The molecule has 5 nitrogen and oxygen atoms in total. The molecule has 2 aliphatic carbocycles. The number of Topliss-reactive ketones (excluding diaryl/α,β-unsaturated/α-hetero) is 2. The third-order valence-corrected chi connectivity index (χ3v) is 5.45. The molecule has 0 radical (unpaired) electrons. The fourth-order valence-corrected chi connectivity index (χ4v) is 3.84. The Morgan fingerprint density at radius 3 is 2.12 bits per heavy atom. The minimum Gasteiger partial charge on any atom is -0.489 e. The van der Waals surface area contributed by atoms with Crippen LogP contribution in [0.15, 0.2) is 22.7 Å². The Hall–Kier alpha value is -1.62. The summed E-state index contributed by atoms with van der Waals surface area (Å²) in [5, 5.41) is 9.54. The molecule has 0 aromatic carbocycles. The van der Waals surface area contributed by atoms with E-state index in [1.54, 1.807) is 6.92 Å². The second-order valence-corrected chi connectivity index (χ2v) is 7.10. The number of ether oxygens (including phenoxy) is 2. The number of aliphatic hydroxyl groups is 1. The fraction of sp³-hybridized carbons (Fsp3) is 0.700. The summed E-state index contributed by atoms with van der Waals surface area (Å²) in [5.74, 6) is 0.282. The molecule has 2 rings (SSSR count). The first-order valence-electron chi connectivity index (χ1n) is 9.29. The van der Waals surface area contributed by atoms with Crippen LogP contribution in [0.5, 0.6) is 0 Å². The minimum absolute atomic E-state index is 0.00763. The van der Waals surface area contributed by atoms with Crippen LogP contribution in [0.2, 0.25) is 0 Å². The summed E-state index contributed by atoms with van der Waals surface area (Å²) in [7, 11) is 2.76. The van der Waals surface area contributed by atoms with E-state index in [4.69, 9.17) is 9.47 Å². The maximum atomic E-state index is 12.5. The SMILES string of the molecule is COC1=C(OC)C(=O)C(CCCCC[C@H]2CC[C@@H](O)CC2)=C(C)C1=O. The number of hydrogen-bond donors (Lipinski definition) is 1. The van der Waals surface area contributed by atoms with E-state index in [-0.39, 0.29) is 29.2 Å². The molecular formula is C20H30O5. The van der Waals surface area contributed by atoms with Gasteiger partial charge < -0.3 is 14.6 Å². The zero-order valence-corrected chi connectivity index (χ0v) is 15.6. The summed E-state index contributed by atoms with van der Waals surface area (Å²) >= 11 is 0. The molecule has 5 heteroatoms. The highest BCUT2D eigenvalue weighted by Crippen LogP contribution is 2.30. The van der Waals surface area contributed by atoms with E-state index in [2.05, 4.69) is 0 Å².